The second kappa shape index (κ2) is 10.4. The van der Waals surface area contributed by atoms with Crippen molar-refractivity contribution in [3.8, 4) is 0 Å². The molecule has 1 unspecified atom stereocenters. The normalized spacial score (nSPS) is 16.2. The second-order valence-corrected chi connectivity index (χ2v) is 11.1. The Kier molecular flexibility index (Phi) is 7.44. The van der Waals surface area contributed by atoms with Gasteiger partial charge in [0.1, 0.15) is 0 Å². The van der Waals surface area contributed by atoms with Gasteiger partial charge in [0.2, 0.25) is 0 Å². The third-order valence-corrected chi connectivity index (χ3v) is 7.20. The van der Waals surface area contributed by atoms with Crippen molar-refractivity contribution in [1.29, 1.82) is 0 Å². The van der Waals surface area contributed by atoms with Gasteiger partial charge in [0.15, 0.2) is 24.0 Å². The molecule has 0 fully saturated rings. The zero-order valence-corrected chi connectivity index (χ0v) is 22.8. The summed E-state index contributed by atoms with van der Waals surface area (Å²) in [4.78, 5) is 0. The minimum absolute atomic E-state index is 0.147. The van der Waals surface area contributed by atoms with Crippen LogP contribution in [-0.4, -0.2) is 11.2 Å². The molecule has 1 aliphatic heterocycles. The van der Waals surface area contributed by atoms with Crippen LogP contribution in [0.25, 0.3) is 0 Å². The standard InChI is InChI=1S/C32H42N3/c1-21(2)26-16-12-17-27(22(3)4)31(26)34-20-30(25-14-10-9-11-15-25)35(33-34)32-28(23(5)6)18-13-19-29(32)24(7)8/h9-19,21-24,30H,20H2,1-8H3/q+1. The van der Waals surface area contributed by atoms with E-state index in [0.717, 1.165) is 6.54 Å². The third-order valence-electron chi connectivity index (χ3n) is 7.20. The van der Waals surface area contributed by atoms with Gasteiger partial charge in [-0.25, -0.2) is 0 Å². The van der Waals surface area contributed by atoms with Crippen LogP contribution in [-0.2, 0) is 0 Å². The number of para-hydroxylation sites is 2. The lowest BCUT2D eigenvalue weighted by molar-refractivity contribution is -0.500. The highest BCUT2D eigenvalue weighted by molar-refractivity contribution is 5.63. The van der Waals surface area contributed by atoms with Crippen molar-refractivity contribution in [3.63, 3.8) is 0 Å². The van der Waals surface area contributed by atoms with E-state index in [1.54, 1.807) is 0 Å². The third kappa shape index (κ3) is 4.91. The highest BCUT2D eigenvalue weighted by Gasteiger charge is 2.42. The molecular formula is C32H42N3+. The van der Waals surface area contributed by atoms with E-state index in [2.05, 4.69) is 132 Å². The van der Waals surface area contributed by atoms with E-state index in [0.29, 0.717) is 23.7 Å². The molecule has 0 saturated carbocycles. The molecule has 0 aliphatic carbocycles. The summed E-state index contributed by atoms with van der Waals surface area (Å²) < 4.78 is 2.30. The fourth-order valence-electron chi connectivity index (χ4n) is 5.30. The molecule has 1 aliphatic rings. The van der Waals surface area contributed by atoms with Crippen molar-refractivity contribution < 1.29 is 4.70 Å². The van der Waals surface area contributed by atoms with Crippen molar-refractivity contribution in [3.05, 3.63) is 94.5 Å². The van der Waals surface area contributed by atoms with Crippen LogP contribution in [0, 0.1) is 0 Å². The molecule has 35 heavy (non-hydrogen) atoms. The number of hydrogen-bond acceptors (Lipinski definition) is 2. The quantitative estimate of drug-likeness (QED) is 0.316. The summed E-state index contributed by atoms with van der Waals surface area (Å²) in [6.45, 7) is 19.1. The molecule has 0 amide bonds. The summed E-state index contributed by atoms with van der Waals surface area (Å²) in [6, 6.07) is 24.6. The predicted octanol–water partition coefficient (Wildman–Crippen LogP) is 9.45. The molecule has 0 aromatic heterocycles. The number of benzene rings is 3. The van der Waals surface area contributed by atoms with Gasteiger partial charge in [-0.2, -0.15) is 0 Å². The summed E-state index contributed by atoms with van der Waals surface area (Å²) in [6.07, 6.45) is 0. The molecule has 0 N–H and O–H groups in total. The van der Waals surface area contributed by atoms with Gasteiger partial charge < -0.3 is 0 Å². The second-order valence-electron chi connectivity index (χ2n) is 11.1. The van der Waals surface area contributed by atoms with E-state index in [4.69, 9.17) is 5.22 Å². The zero-order chi connectivity index (χ0) is 25.3. The first-order valence-electron chi connectivity index (χ1n) is 13.3. The van der Waals surface area contributed by atoms with Gasteiger partial charge in [-0.15, -0.1) is 9.71 Å². The molecule has 0 bridgehead atoms. The maximum Gasteiger partial charge on any atom is 0.188 e. The van der Waals surface area contributed by atoms with Crippen LogP contribution < -0.4 is 5.01 Å². The largest absolute Gasteiger partial charge is 0.188 e. The van der Waals surface area contributed by atoms with Crippen LogP contribution >= 0.6 is 0 Å². The molecule has 3 nitrogen and oxygen atoms in total. The van der Waals surface area contributed by atoms with Gasteiger partial charge >= 0.3 is 0 Å². The fourth-order valence-corrected chi connectivity index (χ4v) is 5.30. The first kappa shape index (κ1) is 25.2. The SMILES string of the molecule is CC(C)c1cccc(C(C)C)c1N1N=[N+](c2c(C(C)C)cccc2C(C)C)CC1c1ccccc1. The van der Waals surface area contributed by atoms with Crippen LogP contribution in [0.2, 0.25) is 0 Å². The van der Waals surface area contributed by atoms with Gasteiger partial charge in [0.05, 0.1) is 5.22 Å². The summed E-state index contributed by atoms with van der Waals surface area (Å²) >= 11 is 0. The van der Waals surface area contributed by atoms with Gasteiger partial charge in [-0.05, 0) is 23.7 Å². The maximum absolute atomic E-state index is 5.43. The number of hydrogen-bond donors (Lipinski definition) is 0. The topological polar surface area (TPSA) is 18.6 Å². The van der Waals surface area contributed by atoms with Gasteiger partial charge in [-0.1, -0.05) is 122 Å². The molecule has 184 valence electrons. The van der Waals surface area contributed by atoms with E-state index in [-0.39, 0.29) is 6.04 Å². The monoisotopic (exact) mass is 468 g/mol. The lowest BCUT2D eigenvalue weighted by Crippen LogP contribution is -2.24. The molecular weight excluding hydrogens is 426 g/mol. The molecule has 1 atom stereocenters. The maximum atomic E-state index is 5.43. The Morgan fingerprint density at radius 3 is 1.54 bits per heavy atom. The first-order valence-corrected chi connectivity index (χ1v) is 13.3. The minimum atomic E-state index is 0.147. The number of nitrogens with zero attached hydrogens (tertiary/aromatic N) is 3. The molecule has 0 radical (unpaired) electrons. The van der Waals surface area contributed by atoms with Crippen molar-refractivity contribution in [1.82, 2.24) is 0 Å². The smallest absolute Gasteiger partial charge is 0.128 e. The molecule has 1 heterocycles. The van der Waals surface area contributed by atoms with Gasteiger partial charge in [0, 0.05) is 27.8 Å². The van der Waals surface area contributed by atoms with Crippen LogP contribution in [0.5, 0.6) is 0 Å². The summed E-state index contributed by atoms with van der Waals surface area (Å²) in [5, 5.41) is 7.76. The Labute approximate surface area is 212 Å². The lowest BCUT2D eigenvalue weighted by Gasteiger charge is -2.23. The van der Waals surface area contributed by atoms with E-state index in [1.165, 1.54) is 39.2 Å². The molecule has 0 spiro atoms. The van der Waals surface area contributed by atoms with Crippen molar-refractivity contribution in [2.75, 3.05) is 11.6 Å². The van der Waals surface area contributed by atoms with E-state index >= 15 is 0 Å². The zero-order valence-electron chi connectivity index (χ0n) is 22.8. The summed E-state index contributed by atoms with van der Waals surface area (Å²) in [5.74, 6) is 1.69. The Bertz CT molecular complexity index is 1140. The molecule has 0 saturated heterocycles. The van der Waals surface area contributed by atoms with Crippen LogP contribution in [0.1, 0.15) is 113 Å². The Balaban J connectivity index is 1.98. The number of anilines is 1. The predicted molar refractivity (Wildman–Crippen MR) is 148 cm³/mol. The van der Waals surface area contributed by atoms with E-state index in [1.807, 2.05) is 0 Å². The van der Waals surface area contributed by atoms with E-state index in [9.17, 15) is 0 Å². The van der Waals surface area contributed by atoms with Crippen molar-refractivity contribution in [2.45, 2.75) is 85.1 Å². The average molecular weight is 469 g/mol. The Morgan fingerprint density at radius 2 is 1.09 bits per heavy atom. The highest BCUT2D eigenvalue weighted by Crippen LogP contribution is 2.44. The minimum Gasteiger partial charge on any atom is -0.128 e. The van der Waals surface area contributed by atoms with Crippen LogP contribution in [0.3, 0.4) is 0 Å². The first-order chi connectivity index (χ1) is 16.7. The highest BCUT2D eigenvalue weighted by atomic mass is 15.6. The number of rotatable bonds is 7. The van der Waals surface area contributed by atoms with Gasteiger partial charge in [0.25, 0.3) is 0 Å². The van der Waals surface area contributed by atoms with Crippen molar-refractivity contribution in [2.24, 2.45) is 5.22 Å². The molecule has 4 rings (SSSR count). The Hall–Kier alpha value is -2.94. The molecule has 3 aromatic carbocycles. The van der Waals surface area contributed by atoms with Gasteiger partial charge in [-0.3, -0.25) is 0 Å². The Morgan fingerprint density at radius 1 is 0.629 bits per heavy atom. The average Bonchev–Trinajstić information content (AvgIpc) is 3.28. The van der Waals surface area contributed by atoms with Crippen LogP contribution in [0.15, 0.2) is 72.0 Å². The lowest BCUT2D eigenvalue weighted by atomic mass is 9.91. The summed E-state index contributed by atoms with van der Waals surface area (Å²) in [5.41, 5.74) is 9.34. The summed E-state index contributed by atoms with van der Waals surface area (Å²) in [7, 11) is 0. The van der Waals surface area contributed by atoms with Crippen LogP contribution in [0.4, 0.5) is 11.4 Å². The fraction of sp³-hybridized carbons (Fsp3) is 0.438. The molecule has 3 aromatic rings. The van der Waals surface area contributed by atoms with Crippen molar-refractivity contribution >= 4 is 11.4 Å². The molecule has 3 heteroatoms. The van der Waals surface area contributed by atoms with E-state index < -0.39 is 0 Å².